The Morgan fingerprint density at radius 1 is 1.11 bits per heavy atom. The zero-order valence-corrected chi connectivity index (χ0v) is 17.9. The van der Waals surface area contributed by atoms with Crippen LogP contribution in [0, 0.1) is 0 Å². The van der Waals surface area contributed by atoms with Crippen molar-refractivity contribution in [1.29, 1.82) is 0 Å². The number of nitrogens with zero attached hydrogens (tertiary/aromatic N) is 1. The summed E-state index contributed by atoms with van der Waals surface area (Å²) in [6.07, 6.45) is -0.904. The van der Waals surface area contributed by atoms with Crippen LogP contribution in [0.1, 0.15) is 39.5 Å². The molecule has 0 aromatic heterocycles. The number of alkyl halides is 3. The van der Waals surface area contributed by atoms with Crippen molar-refractivity contribution in [3.63, 3.8) is 0 Å². The second-order valence-electron chi connectivity index (χ2n) is 6.09. The van der Waals surface area contributed by atoms with Crippen molar-refractivity contribution < 1.29 is 26.3 Å². The van der Waals surface area contributed by atoms with E-state index >= 15 is 0 Å². The summed E-state index contributed by atoms with van der Waals surface area (Å²) in [6.45, 7) is 6.48. The average molecular weight is 475 g/mol. The van der Waals surface area contributed by atoms with E-state index in [4.69, 9.17) is 0 Å². The predicted molar refractivity (Wildman–Crippen MR) is 102 cm³/mol. The first-order chi connectivity index (χ1) is 12.6. The Balaban J connectivity index is 2.82. The number of ether oxygens (including phenoxy) is 1. The molecule has 0 saturated heterocycles. The van der Waals surface area contributed by atoms with Crippen molar-refractivity contribution in [2.75, 3.05) is 26.2 Å². The fourth-order valence-electron chi connectivity index (χ4n) is 2.42. The first kappa shape index (κ1) is 24.2. The normalized spacial score (nSPS) is 12.6. The van der Waals surface area contributed by atoms with Crippen molar-refractivity contribution >= 4 is 26.0 Å². The van der Waals surface area contributed by atoms with Crippen LogP contribution in [0.4, 0.5) is 13.2 Å². The lowest BCUT2D eigenvalue weighted by atomic mass is 10.2. The molecule has 0 heterocycles. The summed E-state index contributed by atoms with van der Waals surface area (Å²) in [7, 11) is -4.14. The largest absolute Gasteiger partial charge is 0.573 e. The van der Waals surface area contributed by atoms with E-state index in [1.165, 1.54) is 6.07 Å². The molecule has 5 nitrogen and oxygen atoms in total. The van der Waals surface area contributed by atoms with Gasteiger partial charge in [0.2, 0.25) is 10.0 Å². The van der Waals surface area contributed by atoms with Gasteiger partial charge in [0.25, 0.3) is 0 Å². The number of hydrogen-bond acceptors (Lipinski definition) is 4. The van der Waals surface area contributed by atoms with Crippen LogP contribution in [0.2, 0.25) is 0 Å². The third-order valence-corrected chi connectivity index (χ3v) is 5.79. The molecule has 0 radical (unpaired) electrons. The number of rotatable bonds is 12. The van der Waals surface area contributed by atoms with E-state index < -0.39 is 27.0 Å². The van der Waals surface area contributed by atoms with Crippen molar-refractivity contribution in [1.82, 2.24) is 9.62 Å². The van der Waals surface area contributed by atoms with Gasteiger partial charge in [-0.15, -0.1) is 13.2 Å². The van der Waals surface area contributed by atoms with E-state index in [2.05, 4.69) is 44.1 Å². The number of hydrogen-bond donors (Lipinski definition) is 1. The quantitative estimate of drug-likeness (QED) is 0.483. The van der Waals surface area contributed by atoms with Gasteiger partial charge in [0.05, 0.1) is 0 Å². The van der Waals surface area contributed by atoms with E-state index in [0.29, 0.717) is 6.54 Å². The summed E-state index contributed by atoms with van der Waals surface area (Å²) in [5.74, 6) is -0.766. The SMILES string of the molecule is CCCCN(CCCC)CCNS(=O)(=O)c1ccc(Br)cc1OC(F)(F)F. The first-order valence-corrected chi connectivity index (χ1v) is 11.1. The fourth-order valence-corrected chi connectivity index (χ4v) is 3.89. The molecular weight excluding hydrogens is 449 g/mol. The fraction of sp³-hybridized carbons (Fsp3) is 0.647. The van der Waals surface area contributed by atoms with Gasteiger partial charge in [0.15, 0.2) is 5.75 Å². The third-order valence-electron chi connectivity index (χ3n) is 3.80. The summed E-state index contributed by atoms with van der Waals surface area (Å²) < 4.78 is 69.2. The van der Waals surface area contributed by atoms with Gasteiger partial charge in [-0.05, 0) is 44.1 Å². The molecule has 0 aliphatic heterocycles. The molecule has 27 heavy (non-hydrogen) atoms. The van der Waals surface area contributed by atoms with Crippen LogP contribution < -0.4 is 9.46 Å². The van der Waals surface area contributed by atoms with Gasteiger partial charge in [-0.3, -0.25) is 0 Å². The maximum atomic E-state index is 12.6. The maximum absolute atomic E-state index is 12.6. The Morgan fingerprint density at radius 3 is 2.22 bits per heavy atom. The minimum atomic E-state index is -4.98. The number of halogens is 4. The van der Waals surface area contributed by atoms with E-state index in [9.17, 15) is 21.6 Å². The number of sulfonamides is 1. The monoisotopic (exact) mass is 474 g/mol. The summed E-state index contributed by atoms with van der Waals surface area (Å²) in [5.41, 5.74) is 0. The highest BCUT2D eigenvalue weighted by Crippen LogP contribution is 2.32. The summed E-state index contributed by atoms with van der Waals surface area (Å²) in [4.78, 5) is 1.61. The second-order valence-corrected chi connectivity index (χ2v) is 8.74. The highest BCUT2D eigenvalue weighted by molar-refractivity contribution is 9.10. The lowest BCUT2D eigenvalue weighted by Crippen LogP contribution is -2.36. The zero-order chi connectivity index (χ0) is 20.5. The van der Waals surface area contributed by atoms with E-state index in [1.807, 2.05) is 0 Å². The molecule has 0 atom stereocenters. The van der Waals surface area contributed by atoms with Gasteiger partial charge in [-0.25, -0.2) is 13.1 Å². The average Bonchev–Trinajstić information content (AvgIpc) is 2.55. The van der Waals surface area contributed by atoms with Crippen LogP contribution in [-0.4, -0.2) is 45.9 Å². The molecule has 0 amide bonds. The third kappa shape index (κ3) is 9.27. The number of nitrogens with one attached hydrogen (secondary N) is 1. The minimum absolute atomic E-state index is 0.108. The molecule has 0 saturated carbocycles. The van der Waals surface area contributed by atoms with Gasteiger partial charge in [-0.1, -0.05) is 42.6 Å². The Kier molecular flexibility index (Phi) is 10.1. The molecular formula is C17H26BrF3N2O3S. The predicted octanol–water partition coefficient (Wildman–Crippen LogP) is 4.53. The number of unbranched alkanes of at least 4 members (excludes halogenated alkanes) is 2. The smallest absolute Gasteiger partial charge is 0.404 e. The highest BCUT2D eigenvalue weighted by atomic mass is 79.9. The molecule has 0 fully saturated rings. The zero-order valence-electron chi connectivity index (χ0n) is 15.5. The summed E-state index contributed by atoms with van der Waals surface area (Å²) >= 11 is 3.02. The molecule has 0 aliphatic rings. The van der Waals surface area contributed by atoms with E-state index in [0.717, 1.165) is 50.9 Å². The van der Waals surface area contributed by atoms with E-state index in [-0.39, 0.29) is 11.0 Å². The molecule has 0 spiro atoms. The van der Waals surface area contributed by atoms with Crippen LogP contribution in [0.25, 0.3) is 0 Å². The van der Waals surface area contributed by atoms with Crippen LogP contribution in [0.15, 0.2) is 27.6 Å². The number of benzene rings is 1. The maximum Gasteiger partial charge on any atom is 0.573 e. The summed E-state index contributed by atoms with van der Waals surface area (Å²) in [6, 6.07) is 3.42. The Bertz CT molecular complexity index is 676. The van der Waals surface area contributed by atoms with Crippen molar-refractivity contribution in [3.8, 4) is 5.75 Å². The Morgan fingerprint density at radius 2 is 1.70 bits per heavy atom. The molecule has 0 bridgehead atoms. The summed E-state index contributed by atoms with van der Waals surface area (Å²) in [5, 5.41) is 0. The molecule has 0 aliphatic carbocycles. The van der Waals surface area contributed by atoms with Crippen LogP contribution in [0.5, 0.6) is 5.75 Å². The van der Waals surface area contributed by atoms with E-state index in [1.54, 1.807) is 0 Å². The standard InChI is InChI=1S/C17H26BrF3N2O3S/c1-3-5-10-23(11-6-4-2)12-9-22-27(24,25)16-8-7-14(18)13-15(16)26-17(19,20)21/h7-8,13,22H,3-6,9-12H2,1-2H3. The van der Waals surface area contributed by atoms with Gasteiger partial charge in [-0.2, -0.15) is 0 Å². The van der Waals surface area contributed by atoms with Crippen molar-refractivity contribution in [2.45, 2.75) is 50.8 Å². The highest BCUT2D eigenvalue weighted by Gasteiger charge is 2.34. The molecule has 156 valence electrons. The van der Waals surface area contributed by atoms with Gasteiger partial charge in [0.1, 0.15) is 4.90 Å². The Hall–Kier alpha value is -0.840. The lowest BCUT2D eigenvalue weighted by molar-refractivity contribution is -0.275. The molecule has 1 rings (SSSR count). The molecule has 1 aromatic rings. The van der Waals surface area contributed by atoms with Crippen LogP contribution in [0.3, 0.4) is 0 Å². The van der Waals surface area contributed by atoms with Crippen molar-refractivity contribution in [3.05, 3.63) is 22.7 Å². The molecule has 1 N–H and O–H groups in total. The Labute approximate surface area is 167 Å². The first-order valence-electron chi connectivity index (χ1n) is 8.86. The molecule has 0 unspecified atom stereocenters. The topological polar surface area (TPSA) is 58.6 Å². The van der Waals surface area contributed by atoms with Crippen molar-refractivity contribution in [2.24, 2.45) is 0 Å². The van der Waals surface area contributed by atoms with Gasteiger partial charge in [0, 0.05) is 17.6 Å². The van der Waals surface area contributed by atoms with Crippen LogP contribution in [-0.2, 0) is 10.0 Å². The second kappa shape index (κ2) is 11.2. The van der Waals surface area contributed by atoms with Gasteiger partial charge < -0.3 is 9.64 Å². The minimum Gasteiger partial charge on any atom is -0.404 e. The van der Waals surface area contributed by atoms with Crippen LogP contribution >= 0.6 is 15.9 Å². The lowest BCUT2D eigenvalue weighted by Gasteiger charge is -2.22. The van der Waals surface area contributed by atoms with Gasteiger partial charge >= 0.3 is 6.36 Å². The molecule has 1 aromatic carbocycles. The molecule has 10 heteroatoms.